The van der Waals surface area contributed by atoms with Crippen molar-refractivity contribution in [3.8, 4) is 11.5 Å². The van der Waals surface area contributed by atoms with E-state index in [2.05, 4.69) is 17.6 Å². The largest absolute Gasteiger partial charge is 0.497 e. The Morgan fingerprint density at radius 2 is 1.63 bits per heavy atom. The first kappa shape index (κ1) is 18.8. The van der Waals surface area contributed by atoms with Gasteiger partial charge in [0, 0.05) is 11.8 Å². The Labute approximate surface area is 158 Å². The number of methoxy groups -OCH3 is 2. The third kappa shape index (κ3) is 3.89. The molecule has 0 unspecified atom stereocenters. The molecule has 3 rings (SSSR count). The van der Waals surface area contributed by atoms with Crippen LogP contribution in [0.5, 0.6) is 11.5 Å². The van der Waals surface area contributed by atoms with E-state index >= 15 is 0 Å². The minimum atomic E-state index is -1.04. The highest BCUT2D eigenvalue weighted by molar-refractivity contribution is 6.17. The Hall–Kier alpha value is -3.02. The van der Waals surface area contributed by atoms with Gasteiger partial charge in [0.05, 0.1) is 19.9 Å². The standard InChI is InChI=1S/C21H24N2O4/c1-4-14-5-7-15(8-6-14)22-19(24)21(11-12-21)20(25)23-17-13-16(26-2)9-10-18(17)27-3/h5-10,13H,4,11-12H2,1-3H3,(H,22,24)(H,23,25). The molecular weight excluding hydrogens is 344 g/mol. The summed E-state index contributed by atoms with van der Waals surface area (Å²) >= 11 is 0. The lowest BCUT2D eigenvalue weighted by atomic mass is 10.0. The van der Waals surface area contributed by atoms with Gasteiger partial charge >= 0.3 is 0 Å². The highest BCUT2D eigenvalue weighted by Crippen LogP contribution is 2.48. The first-order valence-corrected chi connectivity index (χ1v) is 8.96. The maximum Gasteiger partial charge on any atom is 0.240 e. The van der Waals surface area contributed by atoms with Gasteiger partial charge in [-0.05, 0) is 49.1 Å². The molecular formula is C21H24N2O4. The molecule has 2 amide bonds. The molecule has 0 atom stereocenters. The van der Waals surface area contributed by atoms with Gasteiger partial charge in [0.1, 0.15) is 16.9 Å². The van der Waals surface area contributed by atoms with E-state index in [0.717, 1.165) is 6.42 Å². The summed E-state index contributed by atoms with van der Waals surface area (Å²) in [5.74, 6) is 0.481. The summed E-state index contributed by atoms with van der Waals surface area (Å²) in [5.41, 5.74) is 1.32. The van der Waals surface area contributed by atoms with Gasteiger partial charge in [0.15, 0.2) is 0 Å². The van der Waals surface area contributed by atoms with Gasteiger partial charge in [0.2, 0.25) is 11.8 Å². The predicted octanol–water partition coefficient (Wildman–Crippen LogP) is 3.62. The second kappa shape index (κ2) is 7.70. The van der Waals surface area contributed by atoms with Crippen molar-refractivity contribution in [2.24, 2.45) is 5.41 Å². The van der Waals surface area contributed by atoms with Crippen molar-refractivity contribution in [1.82, 2.24) is 0 Å². The molecule has 2 aromatic rings. The van der Waals surface area contributed by atoms with Crippen LogP contribution >= 0.6 is 0 Å². The lowest BCUT2D eigenvalue weighted by Gasteiger charge is -2.17. The molecule has 2 N–H and O–H groups in total. The van der Waals surface area contributed by atoms with Gasteiger partial charge < -0.3 is 20.1 Å². The predicted molar refractivity (Wildman–Crippen MR) is 104 cm³/mol. The molecule has 0 aliphatic heterocycles. The Balaban J connectivity index is 1.73. The summed E-state index contributed by atoms with van der Waals surface area (Å²) < 4.78 is 10.5. The average molecular weight is 368 g/mol. The van der Waals surface area contributed by atoms with Crippen molar-refractivity contribution in [1.29, 1.82) is 0 Å². The van der Waals surface area contributed by atoms with E-state index in [9.17, 15) is 9.59 Å². The lowest BCUT2D eigenvalue weighted by molar-refractivity contribution is -0.131. The van der Waals surface area contributed by atoms with Crippen molar-refractivity contribution < 1.29 is 19.1 Å². The molecule has 6 nitrogen and oxygen atoms in total. The SMILES string of the molecule is CCc1ccc(NC(=O)C2(C(=O)Nc3cc(OC)ccc3OC)CC2)cc1. The second-order valence-electron chi connectivity index (χ2n) is 6.61. The van der Waals surface area contributed by atoms with Crippen molar-refractivity contribution >= 4 is 23.2 Å². The summed E-state index contributed by atoms with van der Waals surface area (Å²) in [5, 5.41) is 5.68. The highest BCUT2D eigenvalue weighted by atomic mass is 16.5. The number of carbonyl (C=O) groups is 2. The number of carbonyl (C=O) groups excluding carboxylic acids is 2. The maximum atomic E-state index is 12.8. The van der Waals surface area contributed by atoms with Crippen molar-refractivity contribution in [3.63, 3.8) is 0 Å². The van der Waals surface area contributed by atoms with Gasteiger partial charge in [0.25, 0.3) is 0 Å². The van der Waals surface area contributed by atoms with Gasteiger partial charge in [-0.2, -0.15) is 0 Å². The first-order chi connectivity index (χ1) is 13.0. The van der Waals surface area contributed by atoms with Crippen molar-refractivity contribution in [2.75, 3.05) is 24.9 Å². The van der Waals surface area contributed by atoms with Crippen LogP contribution in [0, 0.1) is 5.41 Å². The number of hydrogen-bond donors (Lipinski definition) is 2. The van der Waals surface area contributed by atoms with E-state index in [-0.39, 0.29) is 11.8 Å². The van der Waals surface area contributed by atoms with Crippen LogP contribution in [0.3, 0.4) is 0 Å². The number of aryl methyl sites for hydroxylation is 1. The number of amides is 2. The fourth-order valence-corrected chi connectivity index (χ4v) is 2.91. The van der Waals surface area contributed by atoms with Gasteiger partial charge in [-0.3, -0.25) is 9.59 Å². The summed E-state index contributed by atoms with van der Waals surface area (Å²) in [6.45, 7) is 2.07. The van der Waals surface area contributed by atoms with Crippen LogP contribution in [0.2, 0.25) is 0 Å². The Bertz CT molecular complexity index is 842. The Kier molecular flexibility index (Phi) is 5.35. The molecule has 0 aromatic heterocycles. The highest BCUT2D eigenvalue weighted by Gasteiger charge is 2.56. The molecule has 1 aliphatic rings. The molecule has 2 aromatic carbocycles. The molecule has 1 saturated carbocycles. The molecule has 1 aliphatic carbocycles. The summed E-state index contributed by atoms with van der Waals surface area (Å²) in [7, 11) is 3.07. The number of hydrogen-bond acceptors (Lipinski definition) is 4. The molecule has 142 valence electrons. The van der Waals surface area contributed by atoms with E-state index in [0.29, 0.717) is 35.7 Å². The van der Waals surface area contributed by atoms with E-state index in [1.165, 1.54) is 12.7 Å². The summed E-state index contributed by atoms with van der Waals surface area (Å²) in [4.78, 5) is 25.6. The first-order valence-electron chi connectivity index (χ1n) is 8.96. The monoisotopic (exact) mass is 368 g/mol. The second-order valence-corrected chi connectivity index (χ2v) is 6.61. The van der Waals surface area contributed by atoms with Crippen molar-refractivity contribution in [2.45, 2.75) is 26.2 Å². The number of rotatable bonds is 7. The fourth-order valence-electron chi connectivity index (χ4n) is 2.91. The zero-order chi connectivity index (χ0) is 19.4. The number of ether oxygens (including phenoxy) is 2. The Morgan fingerprint density at radius 3 is 2.19 bits per heavy atom. The van der Waals surface area contributed by atoms with Crippen LogP contribution < -0.4 is 20.1 Å². The van der Waals surface area contributed by atoms with Gasteiger partial charge in [-0.15, -0.1) is 0 Å². The molecule has 1 fully saturated rings. The maximum absolute atomic E-state index is 12.8. The average Bonchev–Trinajstić information content (AvgIpc) is 3.50. The third-order valence-corrected chi connectivity index (χ3v) is 4.89. The summed E-state index contributed by atoms with van der Waals surface area (Å²) in [6.07, 6.45) is 1.97. The fraction of sp³-hybridized carbons (Fsp3) is 0.333. The van der Waals surface area contributed by atoms with Crippen LogP contribution in [-0.4, -0.2) is 26.0 Å². The third-order valence-electron chi connectivity index (χ3n) is 4.89. The molecule has 0 heterocycles. The molecule has 0 radical (unpaired) electrons. The molecule has 0 saturated heterocycles. The smallest absolute Gasteiger partial charge is 0.240 e. The van der Waals surface area contributed by atoms with E-state index in [1.807, 2.05) is 24.3 Å². The van der Waals surface area contributed by atoms with Crippen LogP contribution in [0.1, 0.15) is 25.3 Å². The van der Waals surface area contributed by atoms with Crippen LogP contribution in [-0.2, 0) is 16.0 Å². The number of benzene rings is 2. The normalized spacial score (nSPS) is 14.2. The van der Waals surface area contributed by atoms with Crippen molar-refractivity contribution in [3.05, 3.63) is 48.0 Å². The number of nitrogens with one attached hydrogen (secondary N) is 2. The van der Waals surface area contributed by atoms with Crippen LogP contribution in [0.15, 0.2) is 42.5 Å². The molecule has 27 heavy (non-hydrogen) atoms. The zero-order valence-corrected chi connectivity index (χ0v) is 15.8. The summed E-state index contributed by atoms with van der Waals surface area (Å²) in [6, 6.07) is 12.8. The van der Waals surface area contributed by atoms with Crippen LogP contribution in [0.25, 0.3) is 0 Å². The zero-order valence-electron chi connectivity index (χ0n) is 15.8. The van der Waals surface area contributed by atoms with E-state index < -0.39 is 5.41 Å². The van der Waals surface area contributed by atoms with Crippen LogP contribution in [0.4, 0.5) is 11.4 Å². The quantitative estimate of drug-likeness (QED) is 0.732. The van der Waals surface area contributed by atoms with Gasteiger partial charge in [-0.25, -0.2) is 0 Å². The topological polar surface area (TPSA) is 76.7 Å². The number of anilines is 2. The van der Waals surface area contributed by atoms with E-state index in [4.69, 9.17) is 9.47 Å². The lowest BCUT2D eigenvalue weighted by Crippen LogP contribution is -2.35. The minimum Gasteiger partial charge on any atom is -0.497 e. The molecule has 6 heteroatoms. The molecule has 0 bridgehead atoms. The van der Waals surface area contributed by atoms with E-state index in [1.54, 1.807) is 25.3 Å². The Morgan fingerprint density at radius 1 is 0.963 bits per heavy atom. The van der Waals surface area contributed by atoms with Gasteiger partial charge in [-0.1, -0.05) is 19.1 Å². The minimum absolute atomic E-state index is 0.286. The molecule has 0 spiro atoms.